The van der Waals surface area contributed by atoms with Crippen molar-refractivity contribution >= 4 is 22.2 Å². The first kappa shape index (κ1) is 19.0. The van der Waals surface area contributed by atoms with Crippen molar-refractivity contribution in [3.8, 4) is 11.5 Å². The van der Waals surface area contributed by atoms with Gasteiger partial charge in [-0.1, -0.05) is 12.1 Å². The van der Waals surface area contributed by atoms with E-state index in [2.05, 4.69) is 10.3 Å². The first-order valence-corrected chi connectivity index (χ1v) is 9.41. The molecule has 0 unspecified atom stereocenters. The Morgan fingerprint density at radius 1 is 1.14 bits per heavy atom. The van der Waals surface area contributed by atoms with E-state index in [-0.39, 0.29) is 24.0 Å². The van der Waals surface area contributed by atoms with Crippen LogP contribution in [-0.4, -0.2) is 15.3 Å². The number of carbonyl (C=O) groups is 1. The zero-order chi connectivity index (χ0) is 20.4. The van der Waals surface area contributed by atoms with Crippen molar-refractivity contribution in [2.24, 2.45) is 0 Å². The number of fused-ring (bicyclic) bond motifs is 1. The van der Waals surface area contributed by atoms with E-state index in [4.69, 9.17) is 4.74 Å². The lowest BCUT2D eigenvalue weighted by atomic mass is 10.2. The van der Waals surface area contributed by atoms with Gasteiger partial charge >= 0.3 is 6.18 Å². The SMILES string of the molecule is O=C(NCc1cn2ccsc2n1)c1cccc(Oc2cccc(C(F)(F)F)c2)c1. The molecule has 9 heteroatoms. The van der Waals surface area contributed by atoms with E-state index in [9.17, 15) is 18.0 Å². The predicted octanol–water partition coefficient (Wildman–Crippen LogP) is 5.14. The van der Waals surface area contributed by atoms with Gasteiger partial charge < -0.3 is 10.1 Å². The Bertz CT molecular complexity index is 1140. The number of carbonyl (C=O) groups excluding carboxylic acids is 1. The molecule has 4 rings (SSSR count). The van der Waals surface area contributed by atoms with Crippen LogP contribution in [0.15, 0.2) is 66.3 Å². The highest BCUT2D eigenvalue weighted by Gasteiger charge is 2.30. The van der Waals surface area contributed by atoms with Crippen molar-refractivity contribution in [1.82, 2.24) is 14.7 Å². The zero-order valence-corrected chi connectivity index (χ0v) is 15.6. The fourth-order valence-electron chi connectivity index (χ4n) is 2.71. The van der Waals surface area contributed by atoms with E-state index in [1.807, 2.05) is 22.2 Å². The van der Waals surface area contributed by atoms with Crippen molar-refractivity contribution in [3.05, 3.63) is 83.1 Å². The molecule has 2 aromatic carbocycles. The Morgan fingerprint density at radius 2 is 1.90 bits per heavy atom. The van der Waals surface area contributed by atoms with Gasteiger partial charge in [-0.3, -0.25) is 9.20 Å². The van der Waals surface area contributed by atoms with Crippen LogP contribution in [0.3, 0.4) is 0 Å². The number of nitrogens with zero attached hydrogens (tertiary/aromatic N) is 2. The van der Waals surface area contributed by atoms with Gasteiger partial charge in [0.05, 0.1) is 17.8 Å². The number of hydrogen-bond acceptors (Lipinski definition) is 4. The molecular weight excluding hydrogens is 403 g/mol. The van der Waals surface area contributed by atoms with Crippen LogP contribution < -0.4 is 10.1 Å². The fourth-order valence-corrected chi connectivity index (χ4v) is 3.43. The second-order valence-electron chi connectivity index (χ2n) is 6.16. The number of aromatic nitrogens is 2. The van der Waals surface area contributed by atoms with E-state index in [1.54, 1.807) is 18.2 Å². The van der Waals surface area contributed by atoms with Gasteiger partial charge in [-0.15, -0.1) is 11.3 Å². The molecule has 29 heavy (non-hydrogen) atoms. The molecular formula is C20H14F3N3O2S. The smallest absolute Gasteiger partial charge is 0.416 e. The Morgan fingerprint density at radius 3 is 2.66 bits per heavy atom. The molecule has 0 aliphatic carbocycles. The van der Waals surface area contributed by atoms with Crippen LogP contribution >= 0.6 is 11.3 Å². The van der Waals surface area contributed by atoms with E-state index < -0.39 is 11.7 Å². The summed E-state index contributed by atoms with van der Waals surface area (Å²) in [6.45, 7) is 0.256. The van der Waals surface area contributed by atoms with Crippen LogP contribution in [0.1, 0.15) is 21.6 Å². The van der Waals surface area contributed by atoms with Crippen LogP contribution in [-0.2, 0) is 12.7 Å². The first-order chi connectivity index (χ1) is 13.9. The second-order valence-corrected chi connectivity index (χ2v) is 7.04. The number of thiazole rings is 1. The Balaban J connectivity index is 1.44. The normalized spacial score (nSPS) is 11.6. The minimum absolute atomic E-state index is 0.0375. The number of ether oxygens (including phenoxy) is 1. The van der Waals surface area contributed by atoms with Crippen LogP contribution in [0.4, 0.5) is 13.2 Å². The molecule has 2 aromatic heterocycles. The monoisotopic (exact) mass is 417 g/mol. The standard InChI is InChI=1S/C20H14F3N3O2S/c21-20(22,23)14-4-2-6-17(10-14)28-16-5-1-3-13(9-16)18(27)24-11-15-12-26-7-8-29-19(26)25-15/h1-10,12H,11H2,(H,24,27). The molecule has 1 amide bonds. The largest absolute Gasteiger partial charge is 0.457 e. The third kappa shape index (κ3) is 4.40. The van der Waals surface area contributed by atoms with Gasteiger partial charge in [0.2, 0.25) is 0 Å². The van der Waals surface area contributed by atoms with Crippen molar-refractivity contribution in [2.75, 3.05) is 0 Å². The number of alkyl halides is 3. The van der Waals surface area contributed by atoms with Crippen molar-refractivity contribution < 1.29 is 22.7 Å². The highest BCUT2D eigenvalue weighted by Crippen LogP contribution is 2.32. The van der Waals surface area contributed by atoms with Gasteiger partial charge in [-0.2, -0.15) is 13.2 Å². The van der Waals surface area contributed by atoms with Gasteiger partial charge in [0, 0.05) is 23.3 Å². The van der Waals surface area contributed by atoms with E-state index in [0.717, 1.165) is 22.8 Å². The number of nitrogens with one attached hydrogen (secondary N) is 1. The van der Waals surface area contributed by atoms with E-state index in [0.29, 0.717) is 5.56 Å². The summed E-state index contributed by atoms with van der Waals surface area (Å²) < 4.78 is 45.9. The molecule has 148 valence electrons. The molecule has 0 bridgehead atoms. The number of halogens is 3. The highest BCUT2D eigenvalue weighted by molar-refractivity contribution is 7.15. The fraction of sp³-hybridized carbons (Fsp3) is 0.100. The number of rotatable bonds is 5. The number of benzene rings is 2. The minimum Gasteiger partial charge on any atom is -0.457 e. The van der Waals surface area contributed by atoms with Gasteiger partial charge in [-0.25, -0.2) is 4.98 Å². The molecule has 0 atom stereocenters. The van der Waals surface area contributed by atoms with Gasteiger partial charge in [0.15, 0.2) is 4.96 Å². The average Bonchev–Trinajstić information content (AvgIpc) is 3.28. The van der Waals surface area contributed by atoms with Crippen molar-refractivity contribution in [3.63, 3.8) is 0 Å². The van der Waals surface area contributed by atoms with E-state index in [1.165, 1.54) is 29.5 Å². The Kier molecular flexibility index (Phi) is 4.98. The van der Waals surface area contributed by atoms with Gasteiger partial charge in [-0.05, 0) is 36.4 Å². The Hall–Kier alpha value is -3.33. The molecule has 0 saturated carbocycles. The van der Waals surface area contributed by atoms with Gasteiger partial charge in [0.25, 0.3) is 5.91 Å². The maximum atomic E-state index is 12.8. The van der Waals surface area contributed by atoms with Crippen LogP contribution in [0.5, 0.6) is 11.5 Å². The van der Waals surface area contributed by atoms with Crippen molar-refractivity contribution in [1.29, 1.82) is 0 Å². The molecule has 0 radical (unpaired) electrons. The third-order valence-corrected chi connectivity index (χ3v) is 4.84. The molecule has 0 saturated heterocycles. The zero-order valence-electron chi connectivity index (χ0n) is 14.8. The van der Waals surface area contributed by atoms with E-state index >= 15 is 0 Å². The maximum absolute atomic E-state index is 12.8. The molecule has 0 aliphatic rings. The summed E-state index contributed by atoms with van der Waals surface area (Å²) in [5.41, 5.74) is 0.251. The lowest BCUT2D eigenvalue weighted by Gasteiger charge is -2.11. The topological polar surface area (TPSA) is 55.6 Å². The Labute approximate surface area is 167 Å². The minimum atomic E-state index is -4.46. The molecule has 4 aromatic rings. The summed E-state index contributed by atoms with van der Waals surface area (Å²) >= 11 is 1.50. The quantitative estimate of drug-likeness (QED) is 0.489. The maximum Gasteiger partial charge on any atom is 0.416 e. The summed E-state index contributed by atoms with van der Waals surface area (Å²) in [5, 5.41) is 4.69. The van der Waals surface area contributed by atoms with Crippen LogP contribution in [0.2, 0.25) is 0 Å². The number of imidazole rings is 1. The molecule has 2 heterocycles. The summed E-state index contributed by atoms with van der Waals surface area (Å²) in [6, 6.07) is 10.8. The molecule has 1 N–H and O–H groups in total. The number of hydrogen-bond donors (Lipinski definition) is 1. The lowest BCUT2D eigenvalue weighted by molar-refractivity contribution is -0.137. The summed E-state index contributed by atoms with van der Waals surface area (Å²) in [4.78, 5) is 17.6. The molecule has 0 fully saturated rings. The van der Waals surface area contributed by atoms with Crippen LogP contribution in [0.25, 0.3) is 4.96 Å². The second kappa shape index (κ2) is 7.59. The third-order valence-electron chi connectivity index (χ3n) is 4.07. The van der Waals surface area contributed by atoms with Gasteiger partial charge in [0.1, 0.15) is 11.5 Å². The molecule has 0 aliphatic heterocycles. The average molecular weight is 417 g/mol. The predicted molar refractivity (Wildman–Crippen MR) is 102 cm³/mol. The van der Waals surface area contributed by atoms with Crippen LogP contribution in [0, 0.1) is 0 Å². The lowest BCUT2D eigenvalue weighted by Crippen LogP contribution is -2.22. The highest BCUT2D eigenvalue weighted by atomic mass is 32.1. The molecule has 0 spiro atoms. The first-order valence-electron chi connectivity index (χ1n) is 8.53. The summed E-state index contributed by atoms with van der Waals surface area (Å²) in [6.07, 6.45) is -0.741. The summed E-state index contributed by atoms with van der Waals surface area (Å²) in [7, 11) is 0. The number of amides is 1. The summed E-state index contributed by atoms with van der Waals surface area (Å²) in [5.74, 6) is -0.0363. The molecule has 5 nitrogen and oxygen atoms in total. The van der Waals surface area contributed by atoms with Crippen molar-refractivity contribution in [2.45, 2.75) is 12.7 Å².